The minimum Gasteiger partial charge on any atom is -0.370 e. The molecule has 2 rings (SSSR count). The predicted molar refractivity (Wildman–Crippen MR) is 96.5 cm³/mol. The second-order valence-electron chi connectivity index (χ2n) is 5.62. The molecule has 0 atom stereocenters. The third-order valence-electron chi connectivity index (χ3n) is 3.86. The highest BCUT2D eigenvalue weighted by Gasteiger charge is 2.12. The fraction of sp³-hybridized carbons (Fsp3) is 0.562. The molecule has 1 aliphatic carbocycles. The van der Waals surface area contributed by atoms with Crippen molar-refractivity contribution in [2.45, 2.75) is 58.0 Å². The van der Waals surface area contributed by atoms with Gasteiger partial charge in [0.15, 0.2) is 5.96 Å². The van der Waals surface area contributed by atoms with Gasteiger partial charge in [0.1, 0.15) is 5.82 Å². The number of guanidine groups is 1. The van der Waals surface area contributed by atoms with E-state index in [1.54, 1.807) is 13.0 Å². The van der Waals surface area contributed by atoms with Gasteiger partial charge in [-0.05, 0) is 37.0 Å². The summed E-state index contributed by atoms with van der Waals surface area (Å²) in [5.74, 6) is 0.321. The SMILES string of the molecule is Cc1cc(CN=C(N)NC2CCCCCC2)ccc1F.I. The fourth-order valence-electron chi connectivity index (χ4n) is 2.66. The molecule has 0 saturated heterocycles. The van der Waals surface area contributed by atoms with Crippen molar-refractivity contribution in [2.75, 3.05) is 0 Å². The van der Waals surface area contributed by atoms with Gasteiger partial charge in [0.05, 0.1) is 6.54 Å². The Morgan fingerprint density at radius 1 is 1.29 bits per heavy atom. The molecule has 0 unspecified atom stereocenters. The van der Waals surface area contributed by atoms with Crippen LogP contribution in [0.4, 0.5) is 4.39 Å². The van der Waals surface area contributed by atoms with Crippen LogP contribution in [0.5, 0.6) is 0 Å². The lowest BCUT2D eigenvalue weighted by Crippen LogP contribution is -2.39. The number of hydrogen-bond acceptors (Lipinski definition) is 1. The first kappa shape index (κ1) is 18.2. The summed E-state index contributed by atoms with van der Waals surface area (Å²) in [7, 11) is 0. The zero-order chi connectivity index (χ0) is 14.4. The van der Waals surface area contributed by atoms with E-state index in [9.17, 15) is 4.39 Å². The number of halogens is 2. The van der Waals surface area contributed by atoms with Crippen molar-refractivity contribution in [2.24, 2.45) is 10.7 Å². The molecule has 1 aromatic rings. The summed E-state index contributed by atoms with van der Waals surface area (Å²) in [5.41, 5.74) is 7.56. The molecule has 0 radical (unpaired) electrons. The summed E-state index contributed by atoms with van der Waals surface area (Å²) >= 11 is 0. The monoisotopic (exact) mass is 405 g/mol. The van der Waals surface area contributed by atoms with Crippen molar-refractivity contribution in [3.63, 3.8) is 0 Å². The van der Waals surface area contributed by atoms with Gasteiger partial charge in [0, 0.05) is 6.04 Å². The van der Waals surface area contributed by atoms with E-state index < -0.39 is 0 Å². The molecule has 0 aromatic heterocycles. The molecular formula is C16H25FIN3. The van der Waals surface area contributed by atoms with E-state index in [0.717, 1.165) is 5.56 Å². The van der Waals surface area contributed by atoms with Crippen LogP contribution < -0.4 is 11.1 Å². The number of aliphatic imine (C=N–C) groups is 1. The predicted octanol–water partition coefficient (Wildman–Crippen LogP) is 3.88. The highest BCUT2D eigenvalue weighted by Crippen LogP contribution is 2.17. The minimum absolute atomic E-state index is 0. The largest absolute Gasteiger partial charge is 0.370 e. The number of hydrogen-bond donors (Lipinski definition) is 2. The van der Waals surface area contributed by atoms with E-state index in [4.69, 9.17) is 5.73 Å². The molecule has 1 fully saturated rings. The summed E-state index contributed by atoms with van der Waals surface area (Å²) in [6.45, 7) is 2.25. The molecule has 3 N–H and O–H groups in total. The third kappa shape index (κ3) is 6.20. The molecule has 3 nitrogen and oxygen atoms in total. The van der Waals surface area contributed by atoms with E-state index in [1.165, 1.54) is 44.6 Å². The highest BCUT2D eigenvalue weighted by atomic mass is 127. The van der Waals surface area contributed by atoms with Crippen LogP contribution in [0.3, 0.4) is 0 Å². The minimum atomic E-state index is -0.178. The van der Waals surface area contributed by atoms with Gasteiger partial charge in [-0.2, -0.15) is 0 Å². The van der Waals surface area contributed by atoms with Gasteiger partial charge in [-0.15, -0.1) is 24.0 Å². The van der Waals surface area contributed by atoms with Crippen LogP contribution in [0.1, 0.15) is 49.7 Å². The molecule has 1 saturated carbocycles. The van der Waals surface area contributed by atoms with Gasteiger partial charge in [-0.1, -0.05) is 37.8 Å². The van der Waals surface area contributed by atoms with Crippen LogP contribution in [0.15, 0.2) is 23.2 Å². The van der Waals surface area contributed by atoms with Gasteiger partial charge in [0.25, 0.3) is 0 Å². The normalized spacial score (nSPS) is 17.0. The van der Waals surface area contributed by atoms with Crippen molar-refractivity contribution in [1.82, 2.24) is 5.32 Å². The van der Waals surface area contributed by atoms with Gasteiger partial charge >= 0.3 is 0 Å². The zero-order valence-electron chi connectivity index (χ0n) is 12.6. The Balaban J connectivity index is 0.00000220. The fourth-order valence-corrected chi connectivity index (χ4v) is 2.66. The summed E-state index contributed by atoms with van der Waals surface area (Å²) in [6.07, 6.45) is 7.52. The summed E-state index contributed by atoms with van der Waals surface area (Å²) in [6, 6.07) is 5.51. The lowest BCUT2D eigenvalue weighted by molar-refractivity contribution is 0.530. The Morgan fingerprint density at radius 3 is 2.57 bits per heavy atom. The van der Waals surface area contributed by atoms with Crippen molar-refractivity contribution >= 4 is 29.9 Å². The van der Waals surface area contributed by atoms with E-state index in [0.29, 0.717) is 24.1 Å². The quantitative estimate of drug-likeness (QED) is 0.347. The summed E-state index contributed by atoms with van der Waals surface area (Å²) < 4.78 is 13.2. The molecule has 0 spiro atoms. The van der Waals surface area contributed by atoms with Gasteiger partial charge < -0.3 is 11.1 Å². The van der Waals surface area contributed by atoms with Crippen LogP contribution in [0.2, 0.25) is 0 Å². The van der Waals surface area contributed by atoms with E-state index in [-0.39, 0.29) is 29.8 Å². The zero-order valence-corrected chi connectivity index (χ0v) is 14.9. The van der Waals surface area contributed by atoms with Crippen LogP contribution in [0.25, 0.3) is 0 Å². The summed E-state index contributed by atoms with van der Waals surface area (Å²) in [4.78, 5) is 4.35. The lowest BCUT2D eigenvalue weighted by Gasteiger charge is -2.16. The Hall–Kier alpha value is -0.850. The molecule has 0 bridgehead atoms. The first-order valence-corrected chi connectivity index (χ1v) is 7.46. The average Bonchev–Trinajstić information content (AvgIpc) is 2.69. The number of aryl methyl sites for hydroxylation is 1. The second kappa shape index (κ2) is 9.23. The molecule has 5 heteroatoms. The molecule has 1 aromatic carbocycles. The van der Waals surface area contributed by atoms with Crippen molar-refractivity contribution in [3.8, 4) is 0 Å². The highest BCUT2D eigenvalue weighted by molar-refractivity contribution is 14.0. The Morgan fingerprint density at radius 2 is 1.95 bits per heavy atom. The molecule has 21 heavy (non-hydrogen) atoms. The first-order valence-electron chi connectivity index (χ1n) is 7.46. The molecule has 0 aliphatic heterocycles. The summed E-state index contributed by atoms with van der Waals surface area (Å²) in [5, 5.41) is 3.31. The Kier molecular flexibility index (Phi) is 8.00. The Labute approximate surface area is 143 Å². The third-order valence-corrected chi connectivity index (χ3v) is 3.86. The molecule has 0 amide bonds. The number of nitrogens with zero attached hydrogens (tertiary/aromatic N) is 1. The van der Waals surface area contributed by atoms with Crippen molar-refractivity contribution in [3.05, 3.63) is 35.1 Å². The van der Waals surface area contributed by atoms with Crippen LogP contribution in [-0.4, -0.2) is 12.0 Å². The average molecular weight is 405 g/mol. The number of benzene rings is 1. The van der Waals surface area contributed by atoms with E-state index in [2.05, 4.69) is 10.3 Å². The first-order chi connectivity index (χ1) is 9.65. The number of rotatable bonds is 3. The smallest absolute Gasteiger partial charge is 0.189 e. The maximum atomic E-state index is 13.2. The van der Waals surface area contributed by atoms with Gasteiger partial charge in [-0.25, -0.2) is 9.38 Å². The van der Waals surface area contributed by atoms with Gasteiger partial charge in [-0.3, -0.25) is 0 Å². The Bertz CT molecular complexity index is 469. The van der Waals surface area contributed by atoms with E-state index >= 15 is 0 Å². The topological polar surface area (TPSA) is 50.4 Å². The van der Waals surface area contributed by atoms with Gasteiger partial charge in [0.2, 0.25) is 0 Å². The van der Waals surface area contributed by atoms with Crippen LogP contribution in [0, 0.1) is 12.7 Å². The second-order valence-corrected chi connectivity index (χ2v) is 5.62. The molecule has 118 valence electrons. The van der Waals surface area contributed by atoms with E-state index in [1.807, 2.05) is 6.07 Å². The lowest BCUT2D eigenvalue weighted by atomic mass is 10.1. The molecule has 0 heterocycles. The molecule has 1 aliphatic rings. The molecular weight excluding hydrogens is 380 g/mol. The van der Waals surface area contributed by atoms with Crippen molar-refractivity contribution in [1.29, 1.82) is 0 Å². The maximum Gasteiger partial charge on any atom is 0.189 e. The number of nitrogens with two attached hydrogens (primary N) is 1. The van der Waals surface area contributed by atoms with Crippen LogP contribution in [-0.2, 0) is 6.54 Å². The number of nitrogens with one attached hydrogen (secondary N) is 1. The van der Waals surface area contributed by atoms with Crippen LogP contribution >= 0.6 is 24.0 Å². The maximum absolute atomic E-state index is 13.2. The van der Waals surface area contributed by atoms with Crippen molar-refractivity contribution < 1.29 is 4.39 Å². The standard InChI is InChI=1S/C16H24FN3.HI/c1-12-10-13(8-9-15(12)17)11-19-16(18)20-14-6-4-2-3-5-7-14;/h8-10,14H,2-7,11H2,1H3,(H3,18,19,20);1H.